The summed E-state index contributed by atoms with van der Waals surface area (Å²) in [5.74, 6) is 2.90. The van der Waals surface area contributed by atoms with Gasteiger partial charge in [-0.1, -0.05) is 0 Å². The van der Waals surface area contributed by atoms with Gasteiger partial charge >= 0.3 is 0 Å². The highest BCUT2D eigenvalue weighted by atomic mass is 16.5. The SMILES string of the molecule is COc1ccc(OC2CCN(C(=O)c3ccc(C(=O)N[C@H]4CC[C@@H](Oc5ccc(OC)cc5)CC4)nc3)CC2)cc1. The van der Waals surface area contributed by atoms with Crippen LogP contribution < -0.4 is 24.3 Å². The molecule has 0 radical (unpaired) electrons. The molecule has 1 saturated carbocycles. The quantitative estimate of drug-likeness (QED) is 0.398. The summed E-state index contributed by atoms with van der Waals surface area (Å²) in [6, 6.07) is 18.5. The Hall–Kier alpha value is -4.27. The summed E-state index contributed by atoms with van der Waals surface area (Å²) < 4.78 is 22.5. The zero-order valence-electron chi connectivity index (χ0n) is 23.6. The Balaban J connectivity index is 1.04. The number of piperidine rings is 1. The van der Waals surface area contributed by atoms with Crippen LogP contribution >= 0.6 is 0 Å². The van der Waals surface area contributed by atoms with Crippen LogP contribution in [0.15, 0.2) is 66.9 Å². The fourth-order valence-corrected chi connectivity index (χ4v) is 5.29. The molecule has 0 spiro atoms. The van der Waals surface area contributed by atoms with Gasteiger partial charge in [-0.05, 0) is 86.3 Å². The average Bonchev–Trinajstić information content (AvgIpc) is 3.03. The van der Waals surface area contributed by atoms with E-state index in [1.807, 2.05) is 53.4 Å². The van der Waals surface area contributed by atoms with Crippen molar-refractivity contribution in [2.24, 2.45) is 0 Å². The van der Waals surface area contributed by atoms with Gasteiger partial charge in [-0.3, -0.25) is 14.6 Å². The average molecular weight is 560 g/mol. The lowest BCUT2D eigenvalue weighted by Crippen LogP contribution is -2.42. The number of nitrogens with zero attached hydrogens (tertiary/aromatic N) is 2. The third kappa shape index (κ3) is 7.48. The first kappa shape index (κ1) is 28.3. The molecule has 5 rings (SSSR count). The molecule has 0 unspecified atom stereocenters. The molecule has 3 aromatic rings. The number of pyridine rings is 1. The number of likely N-dealkylation sites (tertiary alicyclic amines) is 1. The van der Waals surface area contributed by atoms with Crippen LogP contribution in [0.2, 0.25) is 0 Å². The van der Waals surface area contributed by atoms with Crippen LogP contribution in [0.1, 0.15) is 59.4 Å². The maximum atomic E-state index is 13.0. The highest BCUT2D eigenvalue weighted by molar-refractivity contribution is 5.96. The van der Waals surface area contributed by atoms with Gasteiger partial charge in [-0.15, -0.1) is 0 Å². The molecule has 1 saturated heterocycles. The van der Waals surface area contributed by atoms with Crippen LogP contribution in [-0.4, -0.2) is 67.3 Å². The number of ether oxygens (including phenoxy) is 4. The van der Waals surface area contributed by atoms with Crippen molar-refractivity contribution in [1.82, 2.24) is 15.2 Å². The van der Waals surface area contributed by atoms with Crippen molar-refractivity contribution in [3.63, 3.8) is 0 Å². The van der Waals surface area contributed by atoms with Crippen LogP contribution in [0.5, 0.6) is 23.0 Å². The molecule has 9 heteroatoms. The lowest BCUT2D eigenvalue weighted by Gasteiger charge is -2.32. The van der Waals surface area contributed by atoms with Crippen LogP contribution in [0.3, 0.4) is 0 Å². The van der Waals surface area contributed by atoms with Gasteiger partial charge in [0.05, 0.1) is 25.9 Å². The van der Waals surface area contributed by atoms with E-state index in [1.54, 1.807) is 26.4 Å². The fraction of sp³-hybridized carbons (Fsp3) is 0.406. The van der Waals surface area contributed by atoms with Crippen molar-refractivity contribution >= 4 is 11.8 Å². The van der Waals surface area contributed by atoms with E-state index in [-0.39, 0.29) is 30.1 Å². The van der Waals surface area contributed by atoms with E-state index in [4.69, 9.17) is 18.9 Å². The van der Waals surface area contributed by atoms with Gasteiger partial charge < -0.3 is 29.2 Å². The smallest absolute Gasteiger partial charge is 0.270 e. The van der Waals surface area contributed by atoms with E-state index in [2.05, 4.69) is 10.3 Å². The monoisotopic (exact) mass is 559 g/mol. The van der Waals surface area contributed by atoms with Crippen LogP contribution in [0.25, 0.3) is 0 Å². The number of methoxy groups -OCH3 is 2. The topological polar surface area (TPSA) is 99.2 Å². The van der Waals surface area contributed by atoms with E-state index in [9.17, 15) is 9.59 Å². The molecule has 2 heterocycles. The summed E-state index contributed by atoms with van der Waals surface area (Å²) in [6.45, 7) is 1.21. The third-order valence-corrected chi connectivity index (χ3v) is 7.71. The van der Waals surface area contributed by atoms with Gasteiger partial charge in [0.25, 0.3) is 11.8 Å². The van der Waals surface area contributed by atoms with Gasteiger partial charge in [0.15, 0.2) is 0 Å². The summed E-state index contributed by atoms with van der Waals surface area (Å²) in [7, 11) is 3.27. The second kappa shape index (κ2) is 13.4. The molecule has 2 fully saturated rings. The van der Waals surface area contributed by atoms with Gasteiger partial charge in [-0.2, -0.15) is 0 Å². The number of hydrogen-bond acceptors (Lipinski definition) is 7. The number of amides is 2. The molecule has 2 aliphatic rings. The van der Waals surface area contributed by atoms with Crippen LogP contribution in [-0.2, 0) is 0 Å². The molecule has 41 heavy (non-hydrogen) atoms. The number of nitrogens with one attached hydrogen (secondary N) is 1. The van der Waals surface area contributed by atoms with Crippen molar-refractivity contribution < 1.29 is 28.5 Å². The normalized spacial score (nSPS) is 19.2. The summed E-state index contributed by atoms with van der Waals surface area (Å²) in [5, 5.41) is 3.09. The number of rotatable bonds is 9. The van der Waals surface area contributed by atoms with E-state index >= 15 is 0 Å². The molecular formula is C32H37N3O6. The minimum absolute atomic E-state index is 0.0562. The van der Waals surface area contributed by atoms with E-state index in [0.29, 0.717) is 24.3 Å². The molecule has 1 aliphatic carbocycles. The molecule has 0 atom stereocenters. The Morgan fingerprint density at radius 2 is 1.22 bits per heavy atom. The third-order valence-electron chi connectivity index (χ3n) is 7.71. The minimum atomic E-state index is -0.222. The number of aromatic nitrogens is 1. The predicted molar refractivity (Wildman–Crippen MR) is 154 cm³/mol. The van der Waals surface area contributed by atoms with Gasteiger partial charge in [0.1, 0.15) is 34.8 Å². The zero-order chi connectivity index (χ0) is 28.6. The highest BCUT2D eigenvalue weighted by Crippen LogP contribution is 2.26. The van der Waals surface area contributed by atoms with E-state index in [1.165, 1.54) is 6.20 Å². The molecule has 2 amide bonds. The van der Waals surface area contributed by atoms with Crippen molar-refractivity contribution in [1.29, 1.82) is 0 Å². The molecule has 2 aromatic carbocycles. The summed E-state index contributed by atoms with van der Waals surface area (Å²) in [5.41, 5.74) is 0.789. The minimum Gasteiger partial charge on any atom is -0.497 e. The lowest BCUT2D eigenvalue weighted by molar-refractivity contribution is 0.0594. The Labute approximate surface area is 240 Å². The van der Waals surface area contributed by atoms with Gasteiger partial charge in [-0.25, -0.2) is 0 Å². The van der Waals surface area contributed by atoms with Crippen molar-refractivity contribution in [2.45, 2.75) is 56.8 Å². The Morgan fingerprint density at radius 3 is 1.71 bits per heavy atom. The predicted octanol–water partition coefficient (Wildman–Crippen LogP) is 4.90. The number of carbonyl (C=O) groups excluding carboxylic acids is 2. The summed E-state index contributed by atoms with van der Waals surface area (Å²) >= 11 is 0. The molecule has 1 aliphatic heterocycles. The first-order valence-corrected chi connectivity index (χ1v) is 14.2. The summed E-state index contributed by atoms with van der Waals surface area (Å²) in [4.78, 5) is 32.0. The molecule has 9 nitrogen and oxygen atoms in total. The van der Waals surface area contributed by atoms with Gasteiger partial charge in [0.2, 0.25) is 0 Å². The fourth-order valence-electron chi connectivity index (χ4n) is 5.29. The first-order valence-electron chi connectivity index (χ1n) is 14.2. The van der Waals surface area contributed by atoms with Crippen LogP contribution in [0.4, 0.5) is 0 Å². The number of benzene rings is 2. The van der Waals surface area contributed by atoms with Crippen molar-refractivity contribution in [2.75, 3.05) is 27.3 Å². The van der Waals surface area contributed by atoms with Crippen molar-refractivity contribution in [3.8, 4) is 23.0 Å². The number of hydrogen-bond donors (Lipinski definition) is 1. The maximum absolute atomic E-state index is 13.0. The second-order valence-electron chi connectivity index (χ2n) is 10.5. The molecule has 1 N–H and O–H groups in total. The molecular weight excluding hydrogens is 522 g/mol. The van der Waals surface area contributed by atoms with E-state index in [0.717, 1.165) is 61.5 Å². The lowest BCUT2D eigenvalue weighted by atomic mass is 9.92. The maximum Gasteiger partial charge on any atom is 0.270 e. The Kier molecular flexibility index (Phi) is 9.23. The zero-order valence-corrected chi connectivity index (χ0v) is 23.6. The Bertz CT molecular complexity index is 1280. The summed E-state index contributed by atoms with van der Waals surface area (Å²) in [6.07, 6.45) is 6.57. The molecule has 1 aromatic heterocycles. The largest absolute Gasteiger partial charge is 0.497 e. The second-order valence-corrected chi connectivity index (χ2v) is 10.5. The standard InChI is InChI=1S/C32H37N3O6/c1-38-24-8-12-27(13-9-24)40-26-6-4-23(5-7-26)34-31(36)30-16-3-22(21-33-30)32(37)35-19-17-29(18-20-35)41-28-14-10-25(39-2)11-15-28/h3,8-16,21,23,26,29H,4-7,17-20H2,1-2H3,(H,34,36)/t23-,26+. The molecule has 216 valence electrons. The van der Waals surface area contributed by atoms with E-state index < -0.39 is 0 Å². The highest BCUT2D eigenvalue weighted by Gasteiger charge is 2.26. The van der Waals surface area contributed by atoms with Crippen molar-refractivity contribution in [3.05, 3.63) is 78.1 Å². The first-order chi connectivity index (χ1) is 20.0. The van der Waals surface area contributed by atoms with Crippen LogP contribution in [0, 0.1) is 0 Å². The van der Waals surface area contributed by atoms with Gasteiger partial charge in [0, 0.05) is 38.2 Å². The Morgan fingerprint density at radius 1 is 0.707 bits per heavy atom. The molecule has 0 bridgehead atoms. The number of carbonyl (C=O) groups is 2.